The second kappa shape index (κ2) is 6.90. The van der Waals surface area contributed by atoms with Gasteiger partial charge in [0.2, 0.25) is 0 Å². The van der Waals surface area contributed by atoms with Gasteiger partial charge in [0.25, 0.3) is 11.7 Å². The van der Waals surface area contributed by atoms with Crippen LogP contribution < -0.4 is 4.74 Å². The minimum absolute atomic E-state index is 0.339. The fraction of sp³-hybridized carbons (Fsp3) is 0.350. The summed E-state index contributed by atoms with van der Waals surface area (Å²) in [5.74, 6) is 0.0649. The number of aromatic nitrogens is 2. The fourth-order valence-corrected chi connectivity index (χ4v) is 3.35. The summed E-state index contributed by atoms with van der Waals surface area (Å²) in [6.45, 7) is 3.78. The molecule has 0 saturated carbocycles. The standard InChI is InChI=1S/C20H23N3O4/c1-7-14-16(11(2)27-21-14)18-17(19(24)20(25)22(3)4)13-10-12(26-6)8-9-15(13)23(18)5/h8-10H,7H2,1-6H3. The van der Waals surface area contributed by atoms with E-state index in [9.17, 15) is 9.59 Å². The first-order valence-corrected chi connectivity index (χ1v) is 8.69. The maximum atomic E-state index is 13.1. The van der Waals surface area contributed by atoms with Gasteiger partial charge in [-0.3, -0.25) is 9.59 Å². The molecule has 1 amide bonds. The number of carbonyl (C=O) groups excluding carboxylic acids is 2. The number of aryl methyl sites for hydroxylation is 3. The van der Waals surface area contributed by atoms with Crippen LogP contribution in [-0.2, 0) is 18.3 Å². The van der Waals surface area contributed by atoms with Crippen molar-refractivity contribution < 1.29 is 18.8 Å². The summed E-state index contributed by atoms with van der Waals surface area (Å²) in [4.78, 5) is 26.9. The van der Waals surface area contributed by atoms with Gasteiger partial charge in [-0.05, 0) is 31.5 Å². The molecule has 2 aromatic heterocycles. The molecule has 1 aromatic carbocycles. The van der Waals surface area contributed by atoms with Crippen molar-refractivity contribution in [1.82, 2.24) is 14.6 Å². The Labute approximate surface area is 157 Å². The average molecular weight is 369 g/mol. The number of fused-ring (bicyclic) bond motifs is 1. The van der Waals surface area contributed by atoms with Gasteiger partial charge in [-0.1, -0.05) is 12.1 Å². The van der Waals surface area contributed by atoms with E-state index in [0.717, 1.165) is 16.8 Å². The van der Waals surface area contributed by atoms with E-state index < -0.39 is 11.7 Å². The number of carbonyl (C=O) groups is 2. The number of ether oxygens (including phenoxy) is 1. The van der Waals surface area contributed by atoms with Crippen LogP contribution in [0.2, 0.25) is 0 Å². The van der Waals surface area contributed by atoms with E-state index in [2.05, 4.69) is 5.16 Å². The smallest absolute Gasteiger partial charge is 0.294 e. The largest absolute Gasteiger partial charge is 0.497 e. The Balaban J connectivity index is 2.43. The second-order valence-corrected chi connectivity index (χ2v) is 6.61. The highest BCUT2D eigenvalue weighted by Crippen LogP contribution is 2.38. The highest BCUT2D eigenvalue weighted by atomic mass is 16.5. The van der Waals surface area contributed by atoms with Crippen LogP contribution in [0.15, 0.2) is 22.7 Å². The zero-order chi connectivity index (χ0) is 19.9. The van der Waals surface area contributed by atoms with Crippen LogP contribution in [0.3, 0.4) is 0 Å². The quantitative estimate of drug-likeness (QED) is 0.510. The first-order chi connectivity index (χ1) is 12.8. The molecule has 0 aliphatic rings. The average Bonchev–Trinajstić information content (AvgIpc) is 3.16. The molecule has 7 nitrogen and oxygen atoms in total. The number of nitrogens with zero attached hydrogens (tertiary/aromatic N) is 3. The van der Waals surface area contributed by atoms with Crippen LogP contribution in [0.1, 0.15) is 28.7 Å². The molecule has 0 bridgehead atoms. The minimum Gasteiger partial charge on any atom is -0.497 e. The first kappa shape index (κ1) is 18.7. The topological polar surface area (TPSA) is 77.6 Å². The SMILES string of the molecule is CCc1noc(C)c1-c1c(C(=O)C(=O)N(C)C)c2cc(OC)ccc2n1C. The Hall–Kier alpha value is -3.09. The van der Waals surface area contributed by atoms with Crippen molar-refractivity contribution in [3.8, 4) is 17.0 Å². The number of benzene rings is 1. The lowest BCUT2D eigenvalue weighted by molar-refractivity contribution is -0.124. The van der Waals surface area contributed by atoms with Gasteiger partial charge in [-0.15, -0.1) is 0 Å². The normalized spacial score (nSPS) is 11.0. The zero-order valence-corrected chi connectivity index (χ0v) is 16.4. The Bertz CT molecular complexity index is 1040. The lowest BCUT2D eigenvalue weighted by Crippen LogP contribution is -2.30. The molecule has 0 fully saturated rings. The Morgan fingerprint density at radius 2 is 2.00 bits per heavy atom. The Morgan fingerprint density at radius 1 is 1.30 bits per heavy atom. The molecular weight excluding hydrogens is 346 g/mol. The molecule has 0 spiro atoms. The van der Waals surface area contributed by atoms with E-state index >= 15 is 0 Å². The van der Waals surface area contributed by atoms with Gasteiger partial charge in [0.05, 0.1) is 29.6 Å². The molecule has 0 atom stereocenters. The maximum absolute atomic E-state index is 13.1. The number of hydrogen-bond acceptors (Lipinski definition) is 5. The fourth-order valence-electron chi connectivity index (χ4n) is 3.35. The van der Waals surface area contributed by atoms with Gasteiger partial charge in [-0.2, -0.15) is 0 Å². The zero-order valence-electron chi connectivity index (χ0n) is 16.4. The van der Waals surface area contributed by atoms with E-state index in [4.69, 9.17) is 9.26 Å². The number of Topliss-reactive ketones (excluding diaryl/α,β-unsaturated/α-hetero) is 1. The summed E-state index contributed by atoms with van der Waals surface area (Å²) in [7, 11) is 6.56. The number of methoxy groups -OCH3 is 1. The summed E-state index contributed by atoms with van der Waals surface area (Å²) in [5, 5.41) is 4.78. The van der Waals surface area contributed by atoms with Gasteiger partial charge in [-0.25, -0.2) is 0 Å². The predicted octanol–water partition coefficient (Wildman–Crippen LogP) is 2.98. The highest BCUT2D eigenvalue weighted by molar-refractivity contribution is 6.46. The van der Waals surface area contributed by atoms with Crippen LogP contribution in [0, 0.1) is 6.92 Å². The van der Waals surface area contributed by atoms with Crippen molar-refractivity contribution in [1.29, 1.82) is 0 Å². The number of rotatable bonds is 5. The van der Waals surface area contributed by atoms with Gasteiger partial charge < -0.3 is 18.7 Å². The van der Waals surface area contributed by atoms with Crippen molar-refractivity contribution >= 4 is 22.6 Å². The second-order valence-electron chi connectivity index (χ2n) is 6.61. The van der Waals surface area contributed by atoms with E-state index in [1.165, 1.54) is 4.90 Å². The molecule has 7 heteroatoms. The van der Waals surface area contributed by atoms with Gasteiger partial charge in [0.1, 0.15) is 11.5 Å². The molecule has 27 heavy (non-hydrogen) atoms. The van der Waals surface area contributed by atoms with Crippen LogP contribution in [0.5, 0.6) is 5.75 Å². The summed E-state index contributed by atoms with van der Waals surface area (Å²) in [5.41, 5.74) is 3.30. The third kappa shape index (κ3) is 2.89. The van der Waals surface area contributed by atoms with Crippen molar-refractivity contribution in [3.05, 3.63) is 35.2 Å². The Kier molecular flexibility index (Phi) is 4.78. The monoisotopic (exact) mass is 369 g/mol. The number of ketones is 1. The molecule has 0 unspecified atom stereocenters. The summed E-state index contributed by atoms with van der Waals surface area (Å²) in [6.07, 6.45) is 0.646. The molecule has 0 radical (unpaired) electrons. The molecule has 3 rings (SSSR count). The molecular formula is C20H23N3O4. The summed E-state index contributed by atoms with van der Waals surface area (Å²) < 4.78 is 12.6. The van der Waals surface area contributed by atoms with Crippen LogP contribution in [-0.4, -0.2) is 47.5 Å². The lowest BCUT2D eigenvalue weighted by atomic mass is 9.99. The molecule has 0 saturated heterocycles. The summed E-state index contributed by atoms with van der Waals surface area (Å²) >= 11 is 0. The van der Waals surface area contributed by atoms with Crippen LogP contribution in [0.4, 0.5) is 0 Å². The molecule has 0 aliphatic heterocycles. The third-order valence-electron chi connectivity index (χ3n) is 4.74. The third-order valence-corrected chi connectivity index (χ3v) is 4.74. The van der Waals surface area contributed by atoms with Gasteiger partial charge >= 0.3 is 0 Å². The van der Waals surface area contributed by atoms with Crippen molar-refractivity contribution in [2.75, 3.05) is 21.2 Å². The van der Waals surface area contributed by atoms with Crippen molar-refractivity contribution in [3.63, 3.8) is 0 Å². The first-order valence-electron chi connectivity index (χ1n) is 8.69. The lowest BCUT2D eigenvalue weighted by Gasteiger charge is -2.11. The maximum Gasteiger partial charge on any atom is 0.294 e. The van der Waals surface area contributed by atoms with E-state index in [1.807, 2.05) is 37.6 Å². The molecule has 2 heterocycles. The number of likely N-dealkylation sites (N-methyl/N-ethyl adjacent to an activating group) is 1. The molecule has 3 aromatic rings. The van der Waals surface area contributed by atoms with Gasteiger partial charge in [0.15, 0.2) is 0 Å². The van der Waals surface area contributed by atoms with E-state index in [-0.39, 0.29) is 0 Å². The minimum atomic E-state index is -0.585. The van der Waals surface area contributed by atoms with Crippen LogP contribution in [0.25, 0.3) is 22.2 Å². The Morgan fingerprint density at radius 3 is 2.59 bits per heavy atom. The molecule has 142 valence electrons. The number of amides is 1. The van der Waals surface area contributed by atoms with Crippen molar-refractivity contribution in [2.24, 2.45) is 7.05 Å². The predicted molar refractivity (Wildman–Crippen MR) is 102 cm³/mol. The van der Waals surface area contributed by atoms with E-state index in [1.54, 1.807) is 27.3 Å². The highest BCUT2D eigenvalue weighted by Gasteiger charge is 2.31. The summed E-state index contributed by atoms with van der Waals surface area (Å²) in [6, 6.07) is 5.49. The molecule has 0 aliphatic carbocycles. The van der Waals surface area contributed by atoms with Crippen LogP contribution >= 0.6 is 0 Å². The molecule has 0 N–H and O–H groups in total. The van der Waals surface area contributed by atoms with Gasteiger partial charge in [0, 0.05) is 32.0 Å². The van der Waals surface area contributed by atoms with Crippen molar-refractivity contribution in [2.45, 2.75) is 20.3 Å². The van der Waals surface area contributed by atoms with E-state index in [0.29, 0.717) is 34.6 Å². The number of hydrogen-bond donors (Lipinski definition) is 0.